The van der Waals surface area contributed by atoms with Crippen molar-refractivity contribution < 1.29 is 14.5 Å². The number of rotatable bonds is 4. The molecule has 0 fully saturated rings. The molecule has 3 amide bonds. The topological polar surface area (TPSA) is 116 Å². The van der Waals surface area contributed by atoms with Gasteiger partial charge < -0.3 is 5.32 Å². The molecule has 2 rings (SSSR count). The van der Waals surface area contributed by atoms with Gasteiger partial charge in [-0.2, -0.15) is 5.26 Å². The van der Waals surface area contributed by atoms with Crippen molar-refractivity contribution >= 4 is 17.6 Å². The summed E-state index contributed by atoms with van der Waals surface area (Å²) in [5.41, 5.74) is 0.690. The normalized spacial score (nSPS) is 17.3. The van der Waals surface area contributed by atoms with Crippen LogP contribution < -0.4 is 5.32 Å². The predicted octanol–water partition coefficient (Wildman–Crippen LogP) is 2.79. The number of carbonyl (C=O) groups is 2. The first-order valence-electron chi connectivity index (χ1n) is 7.39. The molecule has 1 heterocycles. The minimum atomic E-state index is -0.970. The van der Waals surface area contributed by atoms with E-state index in [4.69, 9.17) is 0 Å². The number of hydrogen-bond donors (Lipinski definition) is 1. The molecule has 0 aliphatic carbocycles. The second-order valence-electron chi connectivity index (χ2n) is 5.35. The van der Waals surface area contributed by atoms with Crippen LogP contribution in [0.1, 0.15) is 38.3 Å². The molecule has 1 aliphatic heterocycles. The van der Waals surface area contributed by atoms with Gasteiger partial charge in [0.1, 0.15) is 6.04 Å². The quantitative estimate of drug-likeness (QED) is 0.673. The number of non-ortho nitro benzene ring substituents is 1. The average Bonchev–Trinajstić information content (AvgIpc) is 2.54. The van der Waals surface area contributed by atoms with E-state index < -0.39 is 22.9 Å². The molecule has 8 heteroatoms. The average molecular weight is 328 g/mol. The minimum absolute atomic E-state index is 0.136. The smallest absolute Gasteiger partial charge is 0.310 e. The molecule has 0 aromatic heterocycles. The number of amides is 3. The molecule has 1 aliphatic rings. The molecule has 8 nitrogen and oxygen atoms in total. The SMILES string of the molecule is CCCC(=O)N1C(=O)NC(C)=C(C#N)C1c1cccc([N+](=O)[O-])c1. The van der Waals surface area contributed by atoms with Crippen molar-refractivity contribution in [2.45, 2.75) is 32.7 Å². The van der Waals surface area contributed by atoms with Crippen molar-refractivity contribution in [2.75, 3.05) is 0 Å². The van der Waals surface area contributed by atoms with E-state index in [9.17, 15) is 25.0 Å². The molecule has 0 saturated heterocycles. The van der Waals surface area contributed by atoms with E-state index >= 15 is 0 Å². The Morgan fingerprint density at radius 3 is 2.79 bits per heavy atom. The number of nitro groups is 1. The van der Waals surface area contributed by atoms with Crippen molar-refractivity contribution in [3.8, 4) is 6.07 Å². The molecule has 1 aromatic carbocycles. The summed E-state index contributed by atoms with van der Waals surface area (Å²) in [6.07, 6.45) is 0.672. The Morgan fingerprint density at radius 2 is 2.21 bits per heavy atom. The number of benzene rings is 1. The van der Waals surface area contributed by atoms with Crippen LogP contribution in [-0.2, 0) is 4.79 Å². The van der Waals surface area contributed by atoms with Gasteiger partial charge in [-0.3, -0.25) is 19.8 Å². The number of urea groups is 1. The van der Waals surface area contributed by atoms with Crippen LogP contribution in [0.3, 0.4) is 0 Å². The van der Waals surface area contributed by atoms with Gasteiger partial charge in [0.15, 0.2) is 0 Å². The summed E-state index contributed by atoms with van der Waals surface area (Å²) in [5, 5.41) is 23.0. The van der Waals surface area contributed by atoms with Crippen LogP contribution in [0.25, 0.3) is 0 Å². The van der Waals surface area contributed by atoms with E-state index in [2.05, 4.69) is 5.32 Å². The number of hydrogen-bond acceptors (Lipinski definition) is 5. The molecule has 0 saturated carbocycles. The molecule has 0 spiro atoms. The first-order chi connectivity index (χ1) is 11.4. The predicted molar refractivity (Wildman–Crippen MR) is 84.4 cm³/mol. The maximum Gasteiger partial charge on any atom is 0.329 e. The van der Waals surface area contributed by atoms with E-state index in [1.165, 1.54) is 18.2 Å². The largest absolute Gasteiger partial charge is 0.329 e. The summed E-state index contributed by atoms with van der Waals surface area (Å²) in [6, 6.07) is 6.01. The number of imide groups is 1. The number of nitrogens with zero attached hydrogens (tertiary/aromatic N) is 3. The third-order valence-corrected chi connectivity index (χ3v) is 3.70. The van der Waals surface area contributed by atoms with Crippen molar-refractivity contribution in [1.29, 1.82) is 5.26 Å². The summed E-state index contributed by atoms with van der Waals surface area (Å²) < 4.78 is 0. The summed E-state index contributed by atoms with van der Waals surface area (Å²) in [4.78, 5) is 36.1. The van der Waals surface area contributed by atoms with Crippen LogP contribution in [0.4, 0.5) is 10.5 Å². The Morgan fingerprint density at radius 1 is 1.50 bits per heavy atom. The van der Waals surface area contributed by atoms with Gasteiger partial charge in [0.05, 0.1) is 16.6 Å². The van der Waals surface area contributed by atoms with Crippen LogP contribution in [0.2, 0.25) is 0 Å². The molecule has 1 N–H and O–H groups in total. The van der Waals surface area contributed by atoms with Crippen molar-refractivity contribution in [2.24, 2.45) is 0 Å². The van der Waals surface area contributed by atoms with Crippen LogP contribution >= 0.6 is 0 Å². The van der Waals surface area contributed by atoms with Crippen molar-refractivity contribution in [3.05, 3.63) is 51.2 Å². The number of nitriles is 1. The fourth-order valence-corrected chi connectivity index (χ4v) is 2.60. The lowest BCUT2D eigenvalue weighted by atomic mass is 9.94. The first-order valence-corrected chi connectivity index (χ1v) is 7.39. The zero-order valence-corrected chi connectivity index (χ0v) is 13.3. The Kier molecular flexibility index (Phi) is 4.94. The van der Waals surface area contributed by atoms with Crippen molar-refractivity contribution in [1.82, 2.24) is 10.2 Å². The number of allylic oxidation sites excluding steroid dienone is 1. The molecular weight excluding hydrogens is 312 g/mol. The van der Waals surface area contributed by atoms with Crippen LogP contribution in [0, 0.1) is 21.4 Å². The highest BCUT2D eigenvalue weighted by Crippen LogP contribution is 2.35. The Labute approximate surface area is 138 Å². The van der Waals surface area contributed by atoms with Crippen molar-refractivity contribution in [3.63, 3.8) is 0 Å². The third kappa shape index (κ3) is 3.10. The second-order valence-corrected chi connectivity index (χ2v) is 5.35. The molecular formula is C16H16N4O4. The van der Waals surface area contributed by atoms with Gasteiger partial charge in [-0.05, 0) is 18.9 Å². The number of nitrogens with one attached hydrogen (secondary N) is 1. The van der Waals surface area contributed by atoms with Gasteiger partial charge in [0, 0.05) is 24.3 Å². The van der Waals surface area contributed by atoms with E-state index in [0.717, 1.165) is 4.90 Å². The second kappa shape index (κ2) is 6.91. The monoisotopic (exact) mass is 328 g/mol. The molecule has 1 unspecified atom stereocenters. The van der Waals surface area contributed by atoms with E-state index in [1.807, 2.05) is 6.07 Å². The highest BCUT2D eigenvalue weighted by Gasteiger charge is 2.38. The van der Waals surface area contributed by atoms with Gasteiger partial charge in [0.2, 0.25) is 5.91 Å². The number of carbonyl (C=O) groups excluding carboxylic acids is 2. The number of nitro benzene ring substituents is 1. The fraction of sp³-hybridized carbons (Fsp3) is 0.312. The Bertz CT molecular complexity index is 779. The first kappa shape index (κ1) is 17.1. The summed E-state index contributed by atoms with van der Waals surface area (Å²) in [7, 11) is 0. The summed E-state index contributed by atoms with van der Waals surface area (Å²) in [6.45, 7) is 3.36. The lowest BCUT2D eigenvalue weighted by Gasteiger charge is -2.34. The minimum Gasteiger partial charge on any atom is -0.310 e. The van der Waals surface area contributed by atoms with E-state index in [1.54, 1.807) is 19.9 Å². The van der Waals surface area contributed by atoms with Gasteiger partial charge in [0.25, 0.3) is 5.69 Å². The van der Waals surface area contributed by atoms with E-state index in [0.29, 0.717) is 17.7 Å². The lowest BCUT2D eigenvalue weighted by molar-refractivity contribution is -0.384. The lowest BCUT2D eigenvalue weighted by Crippen LogP contribution is -2.49. The van der Waals surface area contributed by atoms with Crippen LogP contribution in [0.15, 0.2) is 35.5 Å². The van der Waals surface area contributed by atoms with Crippen LogP contribution in [-0.4, -0.2) is 21.8 Å². The summed E-state index contributed by atoms with van der Waals surface area (Å²) in [5.74, 6) is -0.438. The summed E-state index contributed by atoms with van der Waals surface area (Å²) >= 11 is 0. The maximum absolute atomic E-state index is 12.4. The zero-order valence-electron chi connectivity index (χ0n) is 13.3. The Hall–Kier alpha value is -3.21. The molecule has 1 aromatic rings. The molecule has 24 heavy (non-hydrogen) atoms. The van der Waals surface area contributed by atoms with Gasteiger partial charge >= 0.3 is 6.03 Å². The molecule has 0 radical (unpaired) electrons. The van der Waals surface area contributed by atoms with E-state index in [-0.39, 0.29) is 17.7 Å². The van der Waals surface area contributed by atoms with Gasteiger partial charge in [-0.25, -0.2) is 4.79 Å². The molecule has 1 atom stereocenters. The standard InChI is InChI=1S/C16H16N4O4/c1-3-5-14(21)19-15(13(9-17)10(2)18-16(19)22)11-6-4-7-12(8-11)20(23)24/h4,6-8,15H,3,5H2,1-2H3,(H,18,22). The van der Waals surface area contributed by atoms with Gasteiger partial charge in [-0.1, -0.05) is 19.1 Å². The highest BCUT2D eigenvalue weighted by atomic mass is 16.6. The zero-order chi connectivity index (χ0) is 17.9. The Balaban J connectivity index is 2.62. The maximum atomic E-state index is 12.4. The third-order valence-electron chi connectivity index (χ3n) is 3.70. The van der Waals surface area contributed by atoms with Gasteiger partial charge in [-0.15, -0.1) is 0 Å². The van der Waals surface area contributed by atoms with Crippen LogP contribution in [0.5, 0.6) is 0 Å². The molecule has 0 bridgehead atoms. The highest BCUT2D eigenvalue weighted by molar-refractivity contribution is 5.97. The fourth-order valence-electron chi connectivity index (χ4n) is 2.60. The molecule has 124 valence electrons.